The number of nitrogens with zero attached hydrogens (tertiary/aromatic N) is 1. The third-order valence-electron chi connectivity index (χ3n) is 3.54. The van der Waals surface area contributed by atoms with Gasteiger partial charge in [-0.1, -0.05) is 30.3 Å². The van der Waals surface area contributed by atoms with Crippen LogP contribution in [0, 0.1) is 6.92 Å². The molecular weight excluding hydrogens is 274 g/mol. The SMILES string of the molecule is Cc1cc(NC(=O)c2ccc(CN)cc2)c2ccccc2n1. The van der Waals surface area contributed by atoms with E-state index < -0.39 is 0 Å². The molecule has 0 aliphatic carbocycles. The molecule has 3 N–H and O–H groups in total. The van der Waals surface area contributed by atoms with Crippen LogP contribution in [0.3, 0.4) is 0 Å². The first-order chi connectivity index (χ1) is 10.7. The Bertz CT molecular complexity index is 825. The largest absolute Gasteiger partial charge is 0.326 e. The maximum Gasteiger partial charge on any atom is 0.255 e. The Balaban J connectivity index is 1.93. The minimum atomic E-state index is -0.140. The van der Waals surface area contributed by atoms with Gasteiger partial charge in [0, 0.05) is 23.2 Å². The predicted octanol–water partition coefficient (Wildman–Crippen LogP) is 3.25. The highest BCUT2D eigenvalue weighted by molar-refractivity contribution is 6.08. The molecule has 4 nitrogen and oxygen atoms in total. The van der Waals surface area contributed by atoms with E-state index in [9.17, 15) is 4.79 Å². The summed E-state index contributed by atoms with van der Waals surface area (Å²) < 4.78 is 0. The number of aryl methyl sites for hydroxylation is 1. The van der Waals surface area contributed by atoms with Crippen LogP contribution in [0.2, 0.25) is 0 Å². The van der Waals surface area contributed by atoms with Gasteiger partial charge in [0.2, 0.25) is 0 Å². The number of para-hydroxylation sites is 1. The van der Waals surface area contributed by atoms with Crippen molar-refractivity contribution in [2.45, 2.75) is 13.5 Å². The highest BCUT2D eigenvalue weighted by Gasteiger charge is 2.09. The van der Waals surface area contributed by atoms with Crippen molar-refractivity contribution in [3.63, 3.8) is 0 Å². The summed E-state index contributed by atoms with van der Waals surface area (Å²) >= 11 is 0. The zero-order valence-corrected chi connectivity index (χ0v) is 12.3. The van der Waals surface area contributed by atoms with E-state index >= 15 is 0 Å². The summed E-state index contributed by atoms with van der Waals surface area (Å²) in [6, 6.07) is 16.9. The van der Waals surface area contributed by atoms with Gasteiger partial charge in [-0.3, -0.25) is 9.78 Å². The molecule has 0 unspecified atom stereocenters. The molecule has 0 saturated heterocycles. The summed E-state index contributed by atoms with van der Waals surface area (Å²) in [7, 11) is 0. The summed E-state index contributed by atoms with van der Waals surface area (Å²) in [6.45, 7) is 2.38. The minimum absolute atomic E-state index is 0.140. The second-order valence-electron chi connectivity index (χ2n) is 5.18. The number of pyridine rings is 1. The number of carbonyl (C=O) groups excluding carboxylic acids is 1. The number of nitrogens with two attached hydrogens (primary N) is 1. The van der Waals surface area contributed by atoms with E-state index in [0.29, 0.717) is 12.1 Å². The van der Waals surface area contributed by atoms with Gasteiger partial charge in [-0.05, 0) is 36.8 Å². The van der Waals surface area contributed by atoms with Crippen molar-refractivity contribution in [1.29, 1.82) is 0 Å². The monoisotopic (exact) mass is 291 g/mol. The summed E-state index contributed by atoms with van der Waals surface area (Å²) in [5, 5.41) is 3.90. The lowest BCUT2D eigenvalue weighted by atomic mass is 10.1. The molecule has 3 rings (SSSR count). The Morgan fingerprint density at radius 3 is 2.59 bits per heavy atom. The van der Waals surface area contributed by atoms with E-state index in [1.54, 1.807) is 12.1 Å². The first-order valence-electron chi connectivity index (χ1n) is 7.14. The molecule has 1 amide bonds. The van der Waals surface area contributed by atoms with E-state index in [1.807, 2.05) is 49.4 Å². The molecule has 0 aliphatic rings. The average molecular weight is 291 g/mol. The number of carbonyl (C=O) groups is 1. The molecule has 3 aromatic rings. The highest BCUT2D eigenvalue weighted by atomic mass is 16.1. The Labute approximate surface area is 129 Å². The van der Waals surface area contributed by atoms with Gasteiger partial charge in [-0.25, -0.2) is 0 Å². The second kappa shape index (κ2) is 5.95. The second-order valence-corrected chi connectivity index (χ2v) is 5.18. The third kappa shape index (κ3) is 2.82. The summed E-state index contributed by atoms with van der Waals surface area (Å²) in [5.41, 5.74) is 9.69. The van der Waals surface area contributed by atoms with Gasteiger partial charge in [0.15, 0.2) is 0 Å². The predicted molar refractivity (Wildman–Crippen MR) is 88.8 cm³/mol. The third-order valence-corrected chi connectivity index (χ3v) is 3.54. The molecule has 0 saturated carbocycles. The lowest BCUT2D eigenvalue weighted by Gasteiger charge is -2.10. The fourth-order valence-corrected chi connectivity index (χ4v) is 2.40. The number of hydrogen-bond donors (Lipinski definition) is 2. The highest BCUT2D eigenvalue weighted by Crippen LogP contribution is 2.23. The zero-order chi connectivity index (χ0) is 15.5. The van der Waals surface area contributed by atoms with Gasteiger partial charge in [0.25, 0.3) is 5.91 Å². The molecule has 1 heterocycles. The van der Waals surface area contributed by atoms with Crippen LogP contribution < -0.4 is 11.1 Å². The standard InChI is InChI=1S/C18H17N3O/c1-12-10-17(15-4-2-3-5-16(15)20-12)21-18(22)14-8-6-13(11-19)7-9-14/h2-10H,11,19H2,1H3,(H,20,21,22). The maximum absolute atomic E-state index is 12.4. The molecule has 110 valence electrons. The molecule has 4 heteroatoms. The lowest BCUT2D eigenvalue weighted by Crippen LogP contribution is -2.12. The topological polar surface area (TPSA) is 68.0 Å². The zero-order valence-electron chi connectivity index (χ0n) is 12.3. The molecule has 1 aromatic heterocycles. The van der Waals surface area contributed by atoms with E-state index in [1.165, 1.54) is 0 Å². The number of amides is 1. The fraction of sp³-hybridized carbons (Fsp3) is 0.111. The van der Waals surface area contributed by atoms with Crippen LogP contribution in [0.25, 0.3) is 10.9 Å². The van der Waals surface area contributed by atoms with Gasteiger partial charge >= 0.3 is 0 Å². The smallest absolute Gasteiger partial charge is 0.255 e. The maximum atomic E-state index is 12.4. The first kappa shape index (κ1) is 14.2. The van der Waals surface area contributed by atoms with Gasteiger partial charge in [0.05, 0.1) is 11.2 Å². The summed E-state index contributed by atoms with van der Waals surface area (Å²) in [6.07, 6.45) is 0. The van der Waals surface area contributed by atoms with Crippen molar-refractivity contribution in [2.24, 2.45) is 5.73 Å². The number of rotatable bonds is 3. The number of hydrogen-bond acceptors (Lipinski definition) is 3. The average Bonchev–Trinajstić information content (AvgIpc) is 2.54. The van der Waals surface area contributed by atoms with Crippen LogP contribution >= 0.6 is 0 Å². The molecule has 0 spiro atoms. The van der Waals surface area contributed by atoms with Gasteiger partial charge in [0.1, 0.15) is 0 Å². The van der Waals surface area contributed by atoms with E-state index in [-0.39, 0.29) is 5.91 Å². The lowest BCUT2D eigenvalue weighted by molar-refractivity contribution is 0.102. The molecule has 0 fully saturated rings. The Hall–Kier alpha value is -2.72. The van der Waals surface area contributed by atoms with E-state index in [2.05, 4.69) is 10.3 Å². The fourth-order valence-electron chi connectivity index (χ4n) is 2.40. The van der Waals surface area contributed by atoms with E-state index in [4.69, 9.17) is 5.73 Å². The van der Waals surface area contributed by atoms with Crippen LogP contribution in [0.4, 0.5) is 5.69 Å². The van der Waals surface area contributed by atoms with Gasteiger partial charge < -0.3 is 11.1 Å². The molecule has 0 atom stereocenters. The minimum Gasteiger partial charge on any atom is -0.326 e. The van der Waals surface area contributed by atoms with Crippen LogP contribution in [0.1, 0.15) is 21.6 Å². The number of nitrogens with one attached hydrogen (secondary N) is 1. The van der Waals surface area contributed by atoms with Crippen molar-refractivity contribution < 1.29 is 4.79 Å². The number of aromatic nitrogens is 1. The van der Waals surface area contributed by atoms with Crippen molar-refractivity contribution in [3.05, 3.63) is 71.4 Å². The van der Waals surface area contributed by atoms with Crippen molar-refractivity contribution in [1.82, 2.24) is 4.98 Å². The van der Waals surface area contributed by atoms with Gasteiger partial charge in [-0.15, -0.1) is 0 Å². The number of benzene rings is 2. The Morgan fingerprint density at radius 1 is 1.14 bits per heavy atom. The van der Waals surface area contributed by atoms with Crippen LogP contribution in [-0.2, 0) is 6.54 Å². The Kier molecular flexibility index (Phi) is 3.85. The molecule has 2 aromatic carbocycles. The van der Waals surface area contributed by atoms with Gasteiger partial charge in [-0.2, -0.15) is 0 Å². The first-order valence-corrected chi connectivity index (χ1v) is 7.14. The molecular formula is C18H17N3O. The normalized spacial score (nSPS) is 10.6. The molecule has 0 aliphatic heterocycles. The molecule has 0 bridgehead atoms. The van der Waals surface area contributed by atoms with Crippen LogP contribution in [0.5, 0.6) is 0 Å². The van der Waals surface area contributed by atoms with Crippen molar-refractivity contribution in [3.8, 4) is 0 Å². The number of fused-ring (bicyclic) bond motifs is 1. The van der Waals surface area contributed by atoms with Crippen LogP contribution in [-0.4, -0.2) is 10.9 Å². The summed E-state index contributed by atoms with van der Waals surface area (Å²) in [4.78, 5) is 16.9. The molecule has 0 radical (unpaired) electrons. The number of anilines is 1. The van der Waals surface area contributed by atoms with E-state index in [0.717, 1.165) is 27.8 Å². The van der Waals surface area contributed by atoms with Crippen molar-refractivity contribution in [2.75, 3.05) is 5.32 Å². The van der Waals surface area contributed by atoms with Crippen molar-refractivity contribution >= 4 is 22.5 Å². The Morgan fingerprint density at radius 2 is 1.86 bits per heavy atom. The summed E-state index contributed by atoms with van der Waals surface area (Å²) in [5.74, 6) is -0.140. The molecule has 22 heavy (non-hydrogen) atoms. The quantitative estimate of drug-likeness (QED) is 0.778. The van der Waals surface area contributed by atoms with Crippen LogP contribution in [0.15, 0.2) is 54.6 Å².